The van der Waals surface area contributed by atoms with E-state index in [0.29, 0.717) is 18.4 Å². The zero-order chi connectivity index (χ0) is 31.0. The predicted molar refractivity (Wildman–Crippen MR) is 149 cm³/mol. The third kappa shape index (κ3) is 13.6. The van der Waals surface area contributed by atoms with Crippen LogP contribution in [0.4, 0.5) is 14.4 Å². The highest BCUT2D eigenvalue weighted by Gasteiger charge is 2.36. The molecule has 0 heterocycles. The molecule has 232 valence electrons. The van der Waals surface area contributed by atoms with Gasteiger partial charge in [0, 0.05) is 12.8 Å². The molecule has 0 saturated carbocycles. The van der Waals surface area contributed by atoms with Crippen molar-refractivity contribution in [3.8, 4) is 11.5 Å². The predicted octanol–water partition coefficient (Wildman–Crippen LogP) is 5.71. The summed E-state index contributed by atoms with van der Waals surface area (Å²) >= 11 is 0. The monoisotopic (exact) mass is 583 g/mol. The van der Waals surface area contributed by atoms with Crippen LogP contribution in [0.25, 0.3) is 0 Å². The van der Waals surface area contributed by atoms with Gasteiger partial charge in [-0.25, -0.2) is 14.4 Å². The van der Waals surface area contributed by atoms with Crippen LogP contribution in [0, 0.1) is 5.92 Å². The smallest absolute Gasteiger partial charge is 0.468 e. The van der Waals surface area contributed by atoms with Crippen molar-refractivity contribution in [2.24, 2.45) is 11.7 Å². The molecular weight excluding hydrogens is 538 g/mol. The fourth-order valence-electron chi connectivity index (χ4n) is 3.74. The zero-order valence-electron chi connectivity index (χ0n) is 25.2. The van der Waals surface area contributed by atoms with Crippen LogP contribution in [0.3, 0.4) is 0 Å². The maximum atomic E-state index is 12.6. The first-order valence-electron chi connectivity index (χ1n) is 13.9. The second-order valence-corrected chi connectivity index (χ2v) is 10.3. The first-order valence-corrected chi connectivity index (χ1v) is 13.9. The maximum absolute atomic E-state index is 12.6. The van der Waals surface area contributed by atoms with Crippen molar-refractivity contribution in [2.75, 3.05) is 20.3 Å². The van der Waals surface area contributed by atoms with E-state index in [0.717, 1.165) is 12.8 Å². The SMILES string of the molecule is CCCC(C)OC(=O)Oc1cc(CC(N)(CCOC(=O)OCC(C)C)C(=O)OC)ccc1OC(=O)O[C@@H](C)CCC. The van der Waals surface area contributed by atoms with E-state index >= 15 is 0 Å². The number of hydrogen-bond donors (Lipinski definition) is 1. The minimum Gasteiger partial charge on any atom is -0.468 e. The summed E-state index contributed by atoms with van der Waals surface area (Å²) < 4.78 is 36.1. The standard InChI is InChI=1S/C29H45NO11/c1-8-10-20(5)38-27(33)40-23-13-12-22(16-24(23)41-28(34)39-21(6)11-9-2)17-29(30,25(31)35-7)14-15-36-26(32)37-18-19(3)4/h12-13,16,19-21H,8-11,14-15,17-18,30H2,1-7H3/t20-,21?,29?/m0/s1. The number of benzene rings is 1. The van der Waals surface area contributed by atoms with E-state index in [2.05, 4.69) is 0 Å². The second-order valence-electron chi connectivity index (χ2n) is 10.3. The topological polar surface area (TPSA) is 159 Å². The molecule has 3 atom stereocenters. The van der Waals surface area contributed by atoms with Crippen LogP contribution in [-0.2, 0) is 34.9 Å². The van der Waals surface area contributed by atoms with E-state index in [1.165, 1.54) is 25.3 Å². The molecule has 2 N–H and O–H groups in total. The van der Waals surface area contributed by atoms with E-state index < -0.39 is 36.1 Å². The lowest BCUT2D eigenvalue weighted by atomic mass is 9.88. The lowest BCUT2D eigenvalue weighted by Crippen LogP contribution is -2.51. The van der Waals surface area contributed by atoms with Crippen LogP contribution < -0.4 is 15.2 Å². The van der Waals surface area contributed by atoms with E-state index in [4.69, 9.17) is 38.9 Å². The van der Waals surface area contributed by atoms with Gasteiger partial charge in [-0.05, 0) is 50.3 Å². The van der Waals surface area contributed by atoms with Gasteiger partial charge in [-0.1, -0.05) is 46.6 Å². The Hall–Kier alpha value is -3.54. The molecule has 1 aromatic rings. The minimum absolute atomic E-state index is 0.0941. The molecule has 1 aromatic carbocycles. The van der Waals surface area contributed by atoms with Gasteiger partial charge in [-0.3, -0.25) is 4.79 Å². The Labute approximate surface area is 242 Å². The molecule has 1 rings (SSSR count). The normalized spacial score (nSPS) is 13.8. The molecule has 0 radical (unpaired) electrons. The Balaban J connectivity index is 3.16. The molecule has 0 bridgehead atoms. The van der Waals surface area contributed by atoms with Gasteiger partial charge < -0.3 is 38.9 Å². The Morgan fingerprint density at radius 3 is 1.90 bits per heavy atom. The molecule has 41 heavy (non-hydrogen) atoms. The fourth-order valence-corrected chi connectivity index (χ4v) is 3.74. The third-order valence-corrected chi connectivity index (χ3v) is 5.79. The van der Waals surface area contributed by atoms with Crippen molar-refractivity contribution in [3.63, 3.8) is 0 Å². The van der Waals surface area contributed by atoms with Crippen LogP contribution in [-0.4, -0.2) is 62.5 Å². The summed E-state index contributed by atoms with van der Waals surface area (Å²) in [5.74, 6) is -0.861. The van der Waals surface area contributed by atoms with Crippen molar-refractivity contribution < 1.29 is 52.3 Å². The Morgan fingerprint density at radius 1 is 0.829 bits per heavy atom. The summed E-state index contributed by atoms with van der Waals surface area (Å²) in [6, 6.07) is 4.32. The van der Waals surface area contributed by atoms with E-state index in [1.807, 2.05) is 27.7 Å². The van der Waals surface area contributed by atoms with Crippen LogP contribution in [0.5, 0.6) is 11.5 Å². The highest BCUT2D eigenvalue weighted by atomic mass is 16.8. The summed E-state index contributed by atoms with van der Waals surface area (Å²) in [4.78, 5) is 49.3. The number of ether oxygens (including phenoxy) is 7. The van der Waals surface area contributed by atoms with Crippen LogP contribution in [0.2, 0.25) is 0 Å². The van der Waals surface area contributed by atoms with E-state index in [-0.39, 0.29) is 49.6 Å². The maximum Gasteiger partial charge on any atom is 0.514 e. The van der Waals surface area contributed by atoms with Gasteiger partial charge in [-0.15, -0.1) is 0 Å². The summed E-state index contributed by atoms with van der Waals surface area (Å²) in [6.07, 6.45) is -0.937. The van der Waals surface area contributed by atoms with Crippen molar-refractivity contribution in [1.82, 2.24) is 0 Å². The Bertz CT molecular complexity index is 997. The van der Waals surface area contributed by atoms with Crippen LogP contribution >= 0.6 is 0 Å². The average Bonchev–Trinajstić information content (AvgIpc) is 2.88. The van der Waals surface area contributed by atoms with E-state index in [9.17, 15) is 19.2 Å². The van der Waals surface area contributed by atoms with Gasteiger partial charge in [0.2, 0.25) is 0 Å². The second kappa shape index (κ2) is 18.0. The summed E-state index contributed by atoms with van der Waals surface area (Å²) in [5.41, 5.74) is 5.22. The van der Waals surface area contributed by atoms with Crippen molar-refractivity contribution in [2.45, 2.75) is 97.8 Å². The summed E-state index contributed by atoms with van der Waals surface area (Å²) in [7, 11) is 1.19. The fraction of sp³-hybridized carbons (Fsp3) is 0.655. The quantitative estimate of drug-likeness (QED) is 0.144. The summed E-state index contributed by atoms with van der Waals surface area (Å²) in [6.45, 7) is 11.1. The number of rotatable bonds is 16. The number of nitrogens with two attached hydrogens (primary N) is 1. The van der Waals surface area contributed by atoms with Gasteiger partial charge in [-0.2, -0.15) is 0 Å². The first-order chi connectivity index (χ1) is 19.3. The average molecular weight is 584 g/mol. The number of carbonyl (C=O) groups is 4. The number of carbonyl (C=O) groups excluding carboxylic acids is 4. The molecule has 2 unspecified atom stereocenters. The largest absolute Gasteiger partial charge is 0.514 e. The number of methoxy groups -OCH3 is 1. The van der Waals surface area contributed by atoms with Gasteiger partial charge in [0.05, 0.1) is 20.3 Å². The highest BCUT2D eigenvalue weighted by Crippen LogP contribution is 2.31. The van der Waals surface area contributed by atoms with Crippen molar-refractivity contribution in [3.05, 3.63) is 23.8 Å². The molecule has 0 aromatic heterocycles. The third-order valence-electron chi connectivity index (χ3n) is 5.79. The zero-order valence-corrected chi connectivity index (χ0v) is 25.2. The highest BCUT2D eigenvalue weighted by molar-refractivity contribution is 5.81. The molecule has 0 aliphatic carbocycles. The van der Waals surface area contributed by atoms with Crippen LogP contribution in [0.1, 0.15) is 79.2 Å². The number of esters is 1. The van der Waals surface area contributed by atoms with Gasteiger partial charge in [0.25, 0.3) is 0 Å². The molecular formula is C29H45NO11. The molecule has 12 heteroatoms. The van der Waals surface area contributed by atoms with Gasteiger partial charge in [0.15, 0.2) is 11.5 Å². The molecule has 0 saturated heterocycles. The number of hydrogen-bond acceptors (Lipinski definition) is 12. The Kier molecular flexibility index (Phi) is 15.6. The van der Waals surface area contributed by atoms with Crippen molar-refractivity contribution >= 4 is 24.4 Å². The van der Waals surface area contributed by atoms with Gasteiger partial charge in [0.1, 0.15) is 17.7 Å². The summed E-state index contributed by atoms with van der Waals surface area (Å²) in [5, 5.41) is 0. The molecule has 0 amide bonds. The van der Waals surface area contributed by atoms with Gasteiger partial charge >= 0.3 is 24.4 Å². The molecule has 0 aliphatic rings. The molecule has 0 fully saturated rings. The minimum atomic E-state index is -1.61. The van der Waals surface area contributed by atoms with Crippen LogP contribution in [0.15, 0.2) is 18.2 Å². The lowest BCUT2D eigenvalue weighted by Gasteiger charge is -2.26. The molecule has 0 spiro atoms. The lowest BCUT2D eigenvalue weighted by molar-refractivity contribution is -0.147. The van der Waals surface area contributed by atoms with Crippen molar-refractivity contribution in [1.29, 1.82) is 0 Å². The first kappa shape index (κ1) is 35.5. The Morgan fingerprint density at radius 2 is 1.39 bits per heavy atom. The molecule has 0 aliphatic heterocycles. The molecule has 12 nitrogen and oxygen atoms in total. The van der Waals surface area contributed by atoms with E-state index in [1.54, 1.807) is 13.8 Å².